The molecule has 0 amide bonds. The van der Waals surface area contributed by atoms with E-state index in [1.807, 2.05) is 10.8 Å². The lowest BCUT2D eigenvalue weighted by atomic mass is 10.0. The van der Waals surface area contributed by atoms with Gasteiger partial charge in [-0.15, -0.1) is 0 Å². The van der Waals surface area contributed by atoms with Gasteiger partial charge in [0.1, 0.15) is 12.4 Å². The number of fused-ring (bicyclic) bond motifs is 2. The van der Waals surface area contributed by atoms with E-state index in [2.05, 4.69) is 0 Å². The molecule has 0 aliphatic carbocycles. The maximum absolute atomic E-state index is 12.3. The highest BCUT2D eigenvalue weighted by atomic mass is 32.1. The molecule has 19 heavy (non-hydrogen) atoms. The predicted octanol–water partition coefficient (Wildman–Crippen LogP) is 2.50. The minimum Gasteiger partial charge on any atom is -0.488 e. The zero-order valence-corrected chi connectivity index (χ0v) is 10.7. The Kier molecular flexibility index (Phi) is 2.83. The first-order chi connectivity index (χ1) is 9.15. The third-order valence-corrected chi connectivity index (χ3v) is 3.81. The number of carbonyl (C=O) groups is 2. The molecule has 1 aliphatic heterocycles. The van der Waals surface area contributed by atoms with Crippen LogP contribution >= 0.6 is 11.3 Å². The van der Waals surface area contributed by atoms with Crippen molar-refractivity contribution in [2.45, 2.75) is 13.0 Å². The molecule has 0 saturated heterocycles. The number of carbonyl (C=O) groups excluding carboxylic acids is 1. The van der Waals surface area contributed by atoms with Crippen molar-refractivity contribution in [1.29, 1.82) is 0 Å². The summed E-state index contributed by atoms with van der Waals surface area (Å²) in [5.41, 5.74) is 2.68. The fourth-order valence-corrected chi connectivity index (χ4v) is 2.92. The summed E-state index contributed by atoms with van der Waals surface area (Å²) in [6, 6.07) is 4.94. The Labute approximate surface area is 113 Å². The van der Waals surface area contributed by atoms with Gasteiger partial charge < -0.3 is 9.84 Å². The zero-order chi connectivity index (χ0) is 13.4. The van der Waals surface area contributed by atoms with Crippen molar-refractivity contribution in [1.82, 2.24) is 0 Å². The molecule has 1 aromatic heterocycles. The third kappa shape index (κ3) is 2.13. The molecule has 1 aliphatic rings. The van der Waals surface area contributed by atoms with E-state index in [9.17, 15) is 9.59 Å². The van der Waals surface area contributed by atoms with Crippen LogP contribution in [0.3, 0.4) is 0 Å². The summed E-state index contributed by atoms with van der Waals surface area (Å²) in [6.07, 6.45) is -0.0773. The molecule has 0 bridgehead atoms. The Bertz CT molecular complexity index is 672. The summed E-state index contributed by atoms with van der Waals surface area (Å²) >= 11 is 1.48. The van der Waals surface area contributed by atoms with E-state index in [4.69, 9.17) is 9.84 Å². The maximum atomic E-state index is 12.3. The maximum Gasteiger partial charge on any atom is 0.307 e. The summed E-state index contributed by atoms with van der Waals surface area (Å²) in [5, 5.41) is 12.5. The number of aliphatic carboxylic acids is 1. The number of hydrogen-bond donors (Lipinski definition) is 1. The molecule has 0 spiro atoms. The molecule has 0 unspecified atom stereocenters. The second kappa shape index (κ2) is 4.51. The first-order valence-corrected chi connectivity index (χ1v) is 6.66. The number of hydrogen-bond acceptors (Lipinski definition) is 4. The van der Waals surface area contributed by atoms with Gasteiger partial charge in [-0.2, -0.15) is 11.3 Å². The van der Waals surface area contributed by atoms with Crippen LogP contribution in [0, 0.1) is 0 Å². The first-order valence-electron chi connectivity index (χ1n) is 5.72. The van der Waals surface area contributed by atoms with E-state index in [-0.39, 0.29) is 12.2 Å². The number of carboxylic acids is 1. The van der Waals surface area contributed by atoms with Gasteiger partial charge >= 0.3 is 5.97 Å². The molecule has 2 heterocycles. The van der Waals surface area contributed by atoms with Gasteiger partial charge in [-0.1, -0.05) is 6.07 Å². The van der Waals surface area contributed by atoms with Gasteiger partial charge in [-0.3, -0.25) is 9.59 Å². The highest BCUT2D eigenvalue weighted by Crippen LogP contribution is 2.31. The lowest BCUT2D eigenvalue weighted by molar-refractivity contribution is -0.136. The second-order valence-electron chi connectivity index (χ2n) is 4.33. The van der Waals surface area contributed by atoms with Gasteiger partial charge in [0.05, 0.1) is 12.0 Å². The second-order valence-corrected chi connectivity index (χ2v) is 5.07. The molecule has 0 fully saturated rings. The Morgan fingerprint density at radius 2 is 2.16 bits per heavy atom. The lowest BCUT2D eigenvalue weighted by Gasteiger charge is -2.07. The highest BCUT2D eigenvalue weighted by Gasteiger charge is 2.23. The molecule has 4 nitrogen and oxygen atoms in total. The molecule has 1 aromatic carbocycles. The van der Waals surface area contributed by atoms with E-state index in [1.165, 1.54) is 11.3 Å². The minimum atomic E-state index is -0.904. The summed E-state index contributed by atoms with van der Waals surface area (Å²) in [7, 11) is 0. The summed E-state index contributed by atoms with van der Waals surface area (Å²) in [5.74, 6) is -0.505. The molecule has 0 saturated carbocycles. The van der Waals surface area contributed by atoms with Crippen molar-refractivity contribution in [3.63, 3.8) is 0 Å². The highest BCUT2D eigenvalue weighted by molar-refractivity contribution is 7.08. The standard InChI is InChI=1S/C14H10O4S/c15-13(16)4-8-1-2-10-12(3-8)18-5-9-6-19-7-11(9)14(10)17/h1-3,6-7H,4-5H2,(H,15,16). The number of ether oxygens (including phenoxy) is 1. The van der Waals surface area contributed by atoms with Crippen LogP contribution in [-0.4, -0.2) is 16.9 Å². The van der Waals surface area contributed by atoms with Crippen molar-refractivity contribution in [3.05, 3.63) is 51.2 Å². The molecule has 96 valence electrons. The van der Waals surface area contributed by atoms with Gasteiger partial charge in [0.25, 0.3) is 0 Å². The van der Waals surface area contributed by atoms with Crippen LogP contribution in [0.25, 0.3) is 0 Å². The molecular weight excluding hydrogens is 264 g/mol. The van der Waals surface area contributed by atoms with Gasteiger partial charge in [0.2, 0.25) is 0 Å². The van der Waals surface area contributed by atoms with Crippen molar-refractivity contribution < 1.29 is 19.4 Å². The van der Waals surface area contributed by atoms with Crippen molar-refractivity contribution in [2.24, 2.45) is 0 Å². The van der Waals surface area contributed by atoms with Crippen LogP contribution in [0.4, 0.5) is 0 Å². The van der Waals surface area contributed by atoms with E-state index in [0.717, 1.165) is 5.56 Å². The van der Waals surface area contributed by atoms with Gasteiger partial charge in [0, 0.05) is 16.5 Å². The number of rotatable bonds is 2. The largest absolute Gasteiger partial charge is 0.488 e. The Hall–Kier alpha value is -2.14. The molecule has 2 aromatic rings. The van der Waals surface area contributed by atoms with Crippen molar-refractivity contribution >= 4 is 23.1 Å². The van der Waals surface area contributed by atoms with Crippen LogP contribution in [-0.2, 0) is 17.8 Å². The van der Waals surface area contributed by atoms with Crippen LogP contribution in [0.5, 0.6) is 5.75 Å². The summed E-state index contributed by atoms with van der Waals surface area (Å²) < 4.78 is 5.62. The lowest BCUT2D eigenvalue weighted by Crippen LogP contribution is -2.03. The van der Waals surface area contributed by atoms with Crippen LogP contribution < -0.4 is 4.74 Å². The topological polar surface area (TPSA) is 63.6 Å². The smallest absolute Gasteiger partial charge is 0.307 e. The van der Waals surface area contributed by atoms with Crippen LogP contribution in [0.1, 0.15) is 27.0 Å². The van der Waals surface area contributed by atoms with E-state index in [1.54, 1.807) is 18.2 Å². The Balaban J connectivity index is 2.03. The number of thiophene rings is 1. The predicted molar refractivity (Wildman–Crippen MR) is 69.9 cm³/mol. The van der Waals surface area contributed by atoms with Gasteiger partial charge in [0.15, 0.2) is 5.78 Å². The average Bonchev–Trinajstić information content (AvgIpc) is 2.79. The summed E-state index contributed by atoms with van der Waals surface area (Å²) in [6.45, 7) is 0.341. The number of benzene rings is 1. The minimum absolute atomic E-state index is 0.0642. The van der Waals surface area contributed by atoms with Crippen molar-refractivity contribution in [2.75, 3.05) is 0 Å². The molecule has 3 rings (SSSR count). The average molecular weight is 274 g/mol. The number of carboxylic acid groups (broad SMARTS) is 1. The molecule has 0 atom stereocenters. The van der Waals surface area contributed by atoms with E-state index in [0.29, 0.717) is 29.0 Å². The molecule has 5 heteroatoms. The zero-order valence-electron chi connectivity index (χ0n) is 9.88. The Morgan fingerprint density at radius 1 is 1.32 bits per heavy atom. The van der Waals surface area contributed by atoms with Crippen LogP contribution in [0.15, 0.2) is 29.0 Å². The number of ketones is 1. The molecule has 0 radical (unpaired) electrons. The first kappa shape index (κ1) is 11.9. The third-order valence-electron chi connectivity index (χ3n) is 3.02. The molecule has 1 N–H and O–H groups in total. The fraction of sp³-hybridized carbons (Fsp3) is 0.143. The quantitative estimate of drug-likeness (QED) is 0.913. The summed E-state index contributed by atoms with van der Waals surface area (Å²) in [4.78, 5) is 23.0. The normalized spacial score (nSPS) is 13.2. The van der Waals surface area contributed by atoms with Gasteiger partial charge in [-0.05, 0) is 23.1 Å². The molecular formula is C14H10O4S. The monoisotopic (exact) mass is 274 g/mol. The van der Waals surface area contributed by atoms with E-state index >= 15 is 0 Å². The van der Waals surface area contributed by atoms with Crippen LogP contribution in [0.2, 0.25) is 0 Å². The SMILES string of the molecule is O=C(O)Cc1ccc2c(c1)OCc1cscc1C2=O. The van der Waals surface area contributed by atoms with Crippen molar-refractivity contribution in [3.8, 4) is 5.75 Å². The van der Waals surface area contributed by atoms with E-state index < -0.39 is 5.97 Å². The van der Waals surface area contributed by atoms with Gasteiger partial charge in [-0.25, -0.2) is 0 Å². The Morgan fingerprint density at radius 3 is 2.95 bits per heavy atom. The fourth-order valence-electron chi connectivity index (χ4n) is 2.09.